The molecule has 1 aliphatic heterocycles. The molecule has 1 rings (SSSR count). The molecule has 2 atom stereocenters. The predicted molar refractivity (Wildman–Crippen MR) is 73.2 cm³/mol. The SMILES string of the molecule is CCCC(C)(CNC)CN1CCCC(C)(O)C1. The van der Waals surface area contributed by atoms with Crippen LogP contribution < -0.4 is 5.32 Å². The highest BCUT2D eigenvalue weighted by Crippen LogP contribution is 2.27. The van der Waals surface area contributed by atoms with Crippen LogP contribution >= 0.6 is 0 Å². The van der Waals surface area contributed by atoms with E-state index in [2.05, 4.69) is 24.1 Å². The lowest BCUT2D eigenvalue weighted by Gasteiger charge is -2.42. The second-order valence-corrected chi connectivity index (χ2v) is 6.40. The molecule has 0 bridgehead atoms. The summed E-state index contributed by atoms with van der Waals surface area (Å²) < 4.78 is 0. The first-order valence-electron chi connectivity index (χ1n) is 7.00. The average molecular weight is 242 g/mol. The van der Waals surface area contributed by atoms with Gasteiger partial charge in [-0.15, -0.1) is 0 Å². The minimum absolute atomic E-state index is 0.330. The Morgan fingerprint density at radius 3 is 2.71 bits per heavy atom. The molecule has 0 saturated carbocycles. The fraction of sp³-hybridized carbons (Fsp3) is 1.00. The lowest BCUT2D eigenvalue weighted by molar-refractivity contribution is -0.0276. The van der Waals surface area contributed by atoms with E-state index in [0.717, 1.165) is 39.0 Å². The standard InChI is InChI=1S/C14H30N2O/c1-5-7-13(2,10-15-4)11-16-9-6-8-14(3,17)12-16/h15,17H,5-12H2,1-4H3. The van der Waals surface area contributed by atoms with Crippen molar-refractivity contribution in [3.63, 3.8) is 0 Å². The first kappa shape index (κ1) is 14.9. The summed E-state index contributed by atoms with van der Waals surface area (Å²) in [7, 11) is 2.03. The minimum Gasteiger partial charge on any atom is -0.389 e. The summed E-state index contributed by atoms with van der Waals surface area (Å²) in [6, 6.07) is 0. The zero-order chi connectivity index (χ0) is 12.9. The summed E-state index contributed by atoms with van der Waals surface area (Å²) in [6.45, 7) is 10.7. The Hall–Kier alpha value is -0.120. The Bertz CT molecular complexity index is 222. The van der Waals surface area contributed by atoms with Gasteiger partial charge < -0.3 is 10.4 Å². The highest BCUT2D eigenvalue weighted by atomic mass is 16.3. The van der Waals surface area contributed by atoms with Gasteiger partial charge >= 0.3 is 0 Å². The number of piperidine rings is 1. The van der Waals surface area contributed by atoms with Crippen LogP contribution in [-0.2, 0) is 0 Å². The average Bonchev–Trinajstić information content (AvgIpc) is 2.15. The molecule has 1 saturated heterocycles. The van der Waals surface area contributed by atoms with Gasteiger partial charge in [0, 0.05) is 19.6 Å². The molecule has 2 N–H and O–H groups in total. The van der Waals surface area contributed by atoms with Crippen LogP contribution in [0.4, 0.5) is 0 Å². The van der Waals surface area contributed by atoms with Crippen molar-refractivity contribution in [3.05, 3.63) is 0 Å². The van der Waals surface area contributed by atoms with Gasteiger partial charge in [0.1, 0.15) is 0 Å². The Labute approximate surface area is 107 Å². The van der Waals surface area contributed by atoms with E-state index < -0.39 is 5.60 Å². The van der Waals surface area contributed by atoms with Crippen molar-refractivity contribution in [1.29, 1.82) is 0 Å². The summed E-state index contributed by atoms with van der Waals surface area (Å²) in [6.07, 6.45) is 4.53. The van der Waals surface area contributed by atoms with Crippen LogP contribution in [0.5, 0.6) is 0 Å². The quantitative estimate of drug-likeness (QED) is 0.746. The highest BCUT2D eigenvalue weighted by molar-refractivity contribution is 4.87. The molecule has 3 nitrogen and oxygen atoms in total. The molecule has 0 spiro atoms. The summed E-state index contributed by atoms with van der Waals surface area (Å²) in [5.41, 5.74) is -0.151. The maximum Gasteiger partial charge on any atom is 0.0746 e. The predicted octanol–water partition coefficient (Wildman–Crippen LogP) is 1.86. The molecule has 1 heterocycles. The van der Waals surface area contributed by atoms with Gasteiger partial charge in [0.2, 0.25) is 0 Å². The molecular formula is C14H30N2O. The first-order chi connectivity index (χ1) is 7.91. The third-order valence-electron chi connectivity index (χ3n) is 3.82. The van der Waals surface area contributed by atoms with Crippen molar-refractivity contribution >= 4 is 0 Å². The van der Waals surface area contributed by atoms with Crippen molar-refractivity contribution in [3.8, 4) is 0 Å². The largest absolute Gasteiger partial charge is 0.389 e. The topological polar surface area (TPSA) is 35.5 Å². The van der Waals surface area contributed by atoms with Gasteiger partial charge in [-0.3, -0.25) is 4.90 Å². The Morgan fingerprint density at radius 2 is 2.18 bits per heavy atom. The summed E-state index contributed by atoms with van der Waals surface area (Å²) in [5, 5.41) is 13.5. The van der Waals surface area contributed by atoms with Crippen molar-refractivity contribution in [2.75, 3.05) is 33.2 Å². The number of nitrogens with zero attached hydrogens (tertiary/aromatic N) is 1. The van der Waals surface area contributed by atoms with Crippen LogP contribution in [0, 0.1) is 5.41 Å². The summed E-state index contributed by atoms with van der Waals surface area (Å²) >= 11 is 0. The van der Waals surface area contributed by atoms with Gasteiger partial charge in [0.25, 0.3) is 0 Å². The molecule has 1 aliphatic rings. The van der Waals surface area contributed by atoms with Crippen LogP contribution in [0.1, 0.15) is 46.5 Å². The molecule has 0 aromatic heterocycles. The smallest absolute Gasteiger partial charge is 0.0746 e. The number of nitrogens with one attached hydrogen (secondary N) is 1. The zero-order valence-corrected chi connectivity index (χ0v) is 12.1. The Morgan fingerprint density at radius 1 is 1.47 bits per heavy atom. The van der Waals surface area contributed by atoms with Gasteiger partial charge in [0.15, 0.2) is 0 Å². The molecule has 0 aliphatic carbocycles. The fourth-order valence-electron chi connectivity index (χ4n) is 3.25. The second kappa shape index (κ2) is 6.17. The van der Waals surface area contributed by atoms with E-state index in [1.165, 1.54) is 12.8 Å². The van der Waals surface area contributed by atoms with E-state index in [-0.39, 0.29) is 0 Å². The molecule has 1 fully saturated rings. The lowest BCUT2D eigenvalue weighted by Crippen LogP contribution is -2.50. The second-order valence-electron chi connectivity index (χ2n) is 6.40. The van der Waals surface area contributed by atoms with Crippen LogP contribution in [0.25, 0.3) is 0 Å². The van der Waals surface area contributed by atoms with Crippen LogP contribution in [0.2, 0.25) is 0 Å². The Kier molecular flexibility index (Phi) is 5.42. The van der Waals surface area contributed by atoms with Crippen LogP contribution in [0.3, 0.4) is 0 Å². The van der Waals surface area contributed by atoms with Crippen LogP contribution in [-0.4, -0.2) is 48.8 Å². The minimum atomic E-state index is -0.481. The van der Waals surface area contributed by atoms with E-state index in [4.69, 9.17) is 0 Å². The fourth-order valence-corrected chi connectivity index (χ4v) is 3.25. The molecule has 102 valence electrons. The van der Waals surface area contributed by atoms with Gasteiger partial charge in [0.05, 0.1) is 5.60 Å². The van der Waals surface area contributed by atoms with Gasteiger partial charge in [-0.2, -0.15) is 0 Å². The van der Waals surface area contributed by atoms with Crippen molar-refractivity contribution in [1.82, 2.24) is 10.2 Å². The molecular weight excluding hydrogens is 212 g/mol. The van der Waals surface area contributed by atoms with Crippen molar-refractivity contribution in [2.24, 2.45) is 5.41 Å². The van der Waals surface area contributed by atoms with E-state index in [0.29, 0.717) is 5.41 Å². The molecule has 0 amide bonds. The van der Waals surface area contributed by atoms with E-state index in [1.54, 1.807) is 0 Å². The number of aliphatic hydroxyl groups is 1. The van der Waals surface area contributed by atoms with Crippen molar-refractivity contribution < 1.29 is 5.11 Å². The van der Waals surface area contributed by atoms with Crippen molar-refractivity contribution in [2.45, 2.75) is 52.1 Å². The number of likely N-dealkylation sites (tertiary alicyclic amines) is 1. The normalized spacial score (nSPS) is 30.2. The van der Waals surface area contributed by atoms with E-state index in [9.17, 15) is 5.11 Å². The van der Waals surface area contributed by atoms with E-state index in [1.807, 2.05) is 14.0 Å². The van der Waals surface area contributed by atoms with Crippen LogP contribution in [0.15, 0.2) is 0 Å². The highest BCUT2D eigenvalue weighted by Gasteiger charge is 2.32. The number of rotatable bonds is 6. The molecule has 17 heavy (non-hydrogen) atoms. The third kappa shape index (κ3) is 4.94. The molecule has 0 aromatic rings. The maximum absolute atomic E-state index is 10.1. The summed E-state index contributed by atoms with van der Waals surface area (Å²) in [5.74, 6) is 0. The molecule has 3 heteroatoms. The maximum atomic E-state index is 10.1. The Balaban J connectivity index is 2.54. The number of hydrogen-bond donors (Lipinski definition) is 2. The molecule has 0 aromatic carbocycles. The van der Waals surface area contributed by atoms with Gasteiger partial charge in [-0.1, -0.05) is 20.3 Å². The van der Waals surface area contributed by atoms with Gasteiger partial charge in [-0.05, 0) is 45.2 Å². The van der Waals surface area contributed by atoms with E-state index >= 15 is 0 Å². The number of β-amino-alcohol motifs (C(OH)–C–C–N with tert-alkyl or cyclic N) is 1. The molecule has 0 radical (unpaired) electrons. The van der Waals surface area contributed by atoms with Gasteiger partial charge in [-0.25, -0.2) is 0 Å². The number of hydrogen-bond acceptors (Lipinski definition) is 3. The zero-order valence-electron chi connectivity index (χ0n) is 12.1. The summed E-state index contributed by atoms with van der Waals surface area (Å²) in [4.78, 5) is 2.44. The first-order valence-corrected chi connectivity index (χ1v) is 7.00. The third-order valence-corrected chi connectivity index (χ3v) is 3.82. The lowest BCUT2D eigenvalue weighted by atomic mass is 9.83. The molecule has 2 unspecified atom stereocenters. The monoisotopic (exact) mass is 242 g/mol.